The Balaban J connectivity index is 1.93. The highest BCUT2D eigenvalue weighted by atomic mass is 32.1. The third-order valence-corrected chi connectivity index (χ3v) is 4.21. The van der Waals surface area contributed by atoms with Gasteiger partial charge in [0.05, 0.1) is 11.2 Å². The predicted molar refractivity (Wildman–Crippen MR) is 81.4 cm³/mol. The SMILES string of the molecule is Cc1ncsc1CNCC(c1ccccc1)N(C)C. The zero-order valence-corrected chi connectivity index (χ0v) is 12.6. The van der Waals surface area contributed by atoms with Gasteiger partial charge in [-0.3, -0.25) is 0 Å². The van der Waals surface area contributed by atoms with E-state index in [0.29, 0.717) is 6.04 Å². The van der Waals surface area contributed by atoms with Gasteiger partial charge in [-0.25, -0.2) is 4.98 Å². The molecule has 1 aromatic heterocycles. The Bertz CT molecular complexity index is 493. The highest BCUT2D eigenvalue weighted by molar-refractivity contribution is 7.09. The van der Waals surface area contributed by atoms with E-state index in [0.717, 1.165) is 18.8 Å². The summed E-state index contributed by atoms with van der Waals surface area (Å²) >= 11 is 1.72. The Kier molecular flexibility index (Phi) is 5.07. The Morgan fingerprint density at radius 2 is 2.00 bits per heavy atom. The highest BCUT2D eigenvalue weighted by Crippen LogP contribution is 2.17. The molecule has 2 aromatic rings. The van der Waals surface area contributed by atoms with Crippen LogP contribution in [0.1, 0.15) is 22.2 Å². The lowest BCUT2D eigenvalue weighted by molar-refractivity contribution is 0.288. The summed E-state index contributed by atoms with van der Waals surface area (Å²) < 4.78 is 0. The number of hydrogen-bond donors (Lipinski definition) is 1. The van der Waals surface area contributed by atoms with Crippen molar-refractivity contribution in [2.45, 2.75) is 19.5 Å². The zero-order chi connectivity index (χ0) is 13.7. The van der Waals surface area contributed by atoms with E-state index in [1.54, 1.807) is 11.3 Å². The number of nitrogens with zero attached hydrogens (tertiary/aromatic N) is 2. The van der Waals surface area contributed by atoms with Gasteiger partial charge in [-0.2, -0.15) is 0 Å². The lowest BCUT2D eigenvalue weighted by Crippen LogP contribution is -2.30. The van der Waals surface area contributed by atoms with Crippen LogP contribution in [0, 0.1) is 6.92 Å². The number of benzene rings is 1. The predicted octanol–water partition coefficient (Wildman–Crippen LogP) is 2.84. The van der Waals surface area contributed by atoms with Crippen molar-refractivity contribution in [2.75, 3.05) is 20.6 Å². The van der Waals surface area contributed by atoms with Crippen molar-refractivity contribution in [3.63, 3.8) is 0 Å². The second-order valence-corrected chi connectivity index (χ2v) is 5.82. The zero-order valence-electron chi connectivity index (χ0n) is 11.8. The summed E-state index contributed by atoms with van der Waals surface area (Å²) in [6.07, 6.45) is 0. The molecule has 0 fully saturated rings. The van der Waals surface area contributed by atoms with Gasteiger partial charge in [0.2, 0.25) is 0 Å². The van der Waals surface area contributed by atoms with Gasteiger partial charge >= 0.3 is 0 Å². The van der Waals surface area contributed by atoms with E-state index < -0.39 is 0 Å². The van der Waals surface area contributed by atoms with Crippen LogP contribution in [-0.4, -0.2) is 30.5 Å². The van der Waals surface area contributed by atoms with Crippen molar-refractivity contribution in [2.24, 2.45) is 0 Å². The number of nitrogens with one attached hydrogen (secondary N) is 1. The second kappa shape index (κ2) is 6.80. The Morgan fingerprint density at radius 1 is 1.26 bits per heavy atom. The number of rotatable bonds is 6. The summed E-state index contributed by atoms with van der Waals surface area (Å²) in [7, 11) is 4.24. The van der Waals surface area contributed by atoms with Gasteiger partial charge in [0, 0.05) is 24.0 Å². The highest BCUT2D eigenvalue weighted by Gasteiger charge is 2.13. The van der Waals surface area contributed by atoms with Gasteiger partial charge in [-0.15, -0.1) is 11.3 Å². The van der Waals surface area contributed by atoms with Crippen LogP contribution in [0.3, 0.4) is 0 Å². The minimum Gasteiger partial charge on any atom is -0.310 e. The quantitative estimate of drug-likeness (QED) is 0.878. The molecule has 0 aliphatic carbocycles. The third kappa shape index (κ3) is 3.86. The van der Waals surface area contributed by atoms with Crippen LogP contribution in [0.4, 0.5) is 0 Å². The Hall–Kier alpha value is -1.23. The smallest absolute Gasteiger partial charge is 0.0798 e. The van der Waals surface area contributed by atoms with E-state index in [-0.39, 0.29) is 0 Å². The van der Waals surface area contributed by atoms with Crippen molar-refractivity contribution >= 4 is 11.3 Å². The van der Waals surface area contributed by atoms with Gasteiger partial charge in [-0.05, 0) is 26.6 Å². The van der Waals surface area contributed by atoms with Gasteiger partial charge < -0.3 is 10.2 Å². The first kappa shape index (κ1) is 14.2. The number of aryl methyl sites for hydroxylation is 1. The number of likely N-dealkylation sites (N-methyl/N-ethyl adjacent to an activating group) is 1. The molecule has 1 atom stereocenters. The summed E-state index contributed by atoms with van der Waals surface area (Å²) in [6, 6.07) is 11.0. The van der Waals surface area contributed by atoms with Crippen LogP contribution in [-0.2, 0) is 6.54 Å². The van der Waals surface area contributed by atoms with E-state index in [4.69, 9.17) is 0 Å². The number of hydrogen-bond acceptors (Lipinski definition) is 4. The first-order valence-electron chi connectivity index (χ1n) is 6.49. The van der Waals surface area contributed by atoms with E-state index in [1.165, 1.54) is 10.4 Å². The molecule has 0 bridgehead atoms. The molecule has 0 aliphatic heterocycles. The lowest BCUT2D eigenvalue weighted by atomic mass is 10.1. The van der Waals surface area contributed by atoms with Crippen LogP contribution in [0.2, 0.25) is 0 Å². The van der Waals surface area contributed by atoms with E-state index in [2.05, 4.69) is 66.6 Å². The maximum atomic E-state index is 4.28. The minimum absolute atomic E-state index is 0.398. The normalized spacial score (nSPS) is 12.8. The molecule has 0 spiro atoms. The van der Waals surface area contributed by atoms with Crippen LogP contribution < -0.4 is 5.32 Å². The molecule has 3 nitrogen and oxygen atoms in total. The molecule has 102 valence electrons. The fourth-order valence-corrected chi connectivity index (χ4v) is 2.84. The summed E-state index contributed by atoms with van der Waals surface area (Å²) in [5.74, 6) is 0. The molecule has 1 heterocycles. The van der Waals surface area contributed by atoms with Crippen LogP contribution >= 0.6 is 11.3 Å². The Morgan fingerprint density at radius 3 is 2.58 bits per heavy atom. The first-order valence-corrected chi connectivity index (χ1v) is 7.37. The Labute approximate surface area is 119 Å². The van der Waals surface area contributed by atoms with Crippen molar-refractivity contribution in [1.82, 2.24) is 15.2 Å². The van der Waals surface area contributed by atoms with Crippen molar-refractivity contribution < 1.29 is 0 Å². The molecule has 0 saturated heterocycles. The maximum Gasteiger partial charge on any atom is 0.0798 e. The molecule has 1 unspecified atom stereocenters. The fourth-order valence-electron chi connectivity index (χ4n) is 2.09. The van der Waals surface area contributed by atoms with Gasteiger partial charge in [-0.1, -0.05) is 30.3 Å². The lowest BCUT2D eigenvalue weighted by Gasteiger charge is -2.25. The van der Waals surface area contributed by atoms with E-state index >= 15 is 0 Å². The van der Waals surface area contributed by atoms with Gasteiger partial charge in [0.25, 0.3) is 0 Å². The molecule has 2 rings (SSSR count). The fraction of sp³-hybridized carbons (Fsp3) is 0.400. The molecule has 4 heteroatoms. The molecule has 1 aromatic carbocycles. The molecule has 0 amide bonds. The van der Waals surface area contributed by atoms with Crippen LogP contribution in [0.25, 0.3) is 0 Å². The average molecular weight is 275 g/mol. The van der Waals surface area contributed by atoms with E-state index in [9.17, 15) is 0 Å². The monoisotopic (exact) mass is 275 g/mol. The maximum absolute atomic E-state index is 4.28. The third-order valence-electron chi connectivity index (χ3n) is 3.28. The summed E-state index contributed by atoms with van der Waals surface area (Å²) in [4.78, 5) is 7.85. The van der Waals surface area contributed by atoms with Crippen molar-refractivity contribution in [1.29, 1.82) is 0 Å². The van der Waals surface area contributed by atoms with Gasteiger partial charge in [0.1, 0.15) is 0 Å². The minimum atomic E-state index is 0.398. The van der Waals surface area contributed by atoms with E-state index in [1.807, 2.05) is 5.51 Å². The molecule has 0 radical (unpaired) electrons. The van der Waals surface area contributed by atoms with Crippen LogP contribution in [0.5, 0.6) is 0 Å². The standard InChI is InChI=1S/C15H21N3S/c1-12-15(19-11-17-12)10-16-9-14(18(2)3)13-7-5-4-6-8-13/h4-8,11,14,16H,9-10H2,1-3H3. The molecule has 0 aliphatic rings. The molecule has 1 N–H and O–H groups in total. The van der Waals surface area contributed by atoms with Gasteiger partial charge in [0.15, 0.2) is 0 Å². The first-order chi connectivity index (χ1) is 9.18. The summed E-state index contributed by atoms with van der Waals surface area (Å²) in [5, 5.41) is 3.54. The molecule has 19 heavy (non-hydrogen) atoms. The van der Waals surface area contributed by atoms with Crippen molar-refractivity contribution in [3.05, 3.63) is 52.0 Å². The van der Waals surface area contributed by atoms with Crippen LogP contribution in [0.15, 0.2) is 35.8 Å². The average Bonchev–Trinajstić information content (AvgIpc) is 2.81. The molecular formula is C15H21N3S. The second-order valence-electron chi connectivity index (χ2n) is 4.88. The molecular weight excluding hydrogens is 254 g/mol. The largest absolute Gasteiger partial charge is 0.310 e. The van der Waals surface area contributed by atoms with Crippen molar-refractivity contribution in [3.8, 4) is 0 Å². The molecule has 0 saturated carbocycles. The topological polar surface area (TPSA) is 28.2 Å². The number of aromatic nitrogens is 1. The summed E-state index contributed by atoms with van der Waals surface area (Å²) in [6.45, 7) is 3.90. The summed E-state index contributed by atoms with van der Waals surface area (Å²) in [5.41, 5.74) is 4.40. The number of thiazole rings is 1.